The summed E-state index contributed by atoms with van der Waals surface area (Å²) in [4.78, 5) is 10.8. The van der Waals surface area contributed by atoms with Crippen molar-refractivity contribution in [1.29, 1.82) is 0 Å². The zero-order valence-corrected chi connectivity index (χ0v) is 13.5. The van der Waals surface area contributed by atoms with Crippen LogP contribution in [0.3, 0.4) is 0 Å². The highest BCUT2D eigenvalue weighted by Gasteiger charge is 2.40. The van der Waals surface area contributed by atoms with Gasteiger partial charge in [-0.2, -0.15) is 0 Å². The van der Waals surface area contributed by atoms with Crippen LogP contribution < -0.4 is 5.32 Å². The molecule has 1 amide bonds. The Morgan fingerprint density at radius 2 is 1.76 bits per heavy atom. The van der Waals surface area contributed by atoms with Gasteiger partial charge in [-0.1, -0.05) is 42.1 Å². The zero-order chi connectivity index (χ0) is 14.8. The molecule has 4 heteroatoms. The van der Waals surface area contributed by atoms with Crippen LogP contribution in [0.1, 0.15) is 50.0 Å². The van der Waals surface area contributed by atoms with Gasteiger partial charge in [0.15, 0.2) is 0 Å². The molecule has 0 bridgehead atoms. The van der Waals surface area contributed by atoms with Crippen molar-refractivity contribution in [3.63, 3.8) is 0 Å². The second-order valence-corrected chi connectivity index (χ2v) is 7.17. The molecule has 3 rings (SSSR count). The van der Waals surface area contributed by atoms with E-state index in [1.165, 1.54) is 31.2 Å². The minimum Gasteiger partial charge on any atom is -0.356 e. The van der Waals surface area contributed by atoms with Gasteiger partial charge in [-0.05, 0) is 61.1 Å². The fourth-order valence-corrected chi connectivity index (χ4v) is 4.73. The van der Waals surface area contributed by atoms with E-state index in [-0.39, 0.29) is 0 Å². The summed E-state index contributed by atoms with van der Waals surface area (Å²) in [7, 11) is 0. The lowest BCUT2D eigenvalue weighted by molar-refractivity contribution is -0.111. The number of carbonyl (C=O) groups excluding carboxylic acids is 1. The third-order valence-corrected chi connectivity index (χ3v) is 6.09. The Morgan fingerprint density at radius 1 is 1.00 bits per heavy atom. The molecule has 2 aliphatic rings. The Labute approximate surface area is 136 Å². The molecule has 1 aromatic rings. The van der Waals surface area contributed by atoms with Crippen LogP contribution in [0.4, 0.5) is 0 Å². The summed E-state index contributed by atoms with van der Waals surface area (Å²) in [5.74, 6) is 1.81. The summed E-state index contributed by atoms with van der Waals surface area (Å²) < 4.78 is 0. The third kappa shape index (κ3) is 3.07. The molecule has 4 atom stereocenters. The number of benzene rings is 1. The summed E-state index contributed by atoms with van der Waals surface area (Å²) in [6, 6.07) is 6.42. The van der Waals surface area contributed by atoms with E-state index in [2.05, 4.69) is 11.4 Å². The van der Waals surface area contributed by atoms with E-state index < -0.39 is 0 Å². The van der Waals surface area contributed by atoms with Crippen LogP contribution in [0.15, 0.2) is 18.2 Å². The second kappa shape index (κ2) is 6.58. The maximum atomic E-state index is 10.8. The van der Waals surface area contributed by atoms with Crippen LogP contribution in [0.5, 0.6) is 0 Å². The molecule has 0 aliphatic heterocycles. The molecule has 2 aliphatic carbocycles. The Balaban J connectivity index is 1.85. The highest BCUT2D eigenvalue weighted by Crippen LogP contribution is 2.48. The number of rotatable bonds is 3. The second-order valence-electron chi connectivity index (χ2n) is 6.36. The van der Waals surface area contributed by atoms with Crippen LogP contribution in [-0.2, 0) is 4.79 Å². The largest absolute Gasteiger partial charge is 0.356 e. The Kier molecular flexibility index (Phi) is 4.75. The number of fused-ring (bicyclic) bond motifs is 1. The van der Waals surface area contributed by atoms with Gasteiger partial charge < -0.3 is 5.32 Å². The molecule has 114 valence electrons. The quantitative estimate of drug-likeness (QED) is 0.795. The molecule has 2 nitrogen and oxygen atoms in total. The highest BCUT2D eigenvalue weighted by molar-refractivity contribution is 6.42. The van der Waals surface area contributed by atoms with Crippen molar-refractivity contribution in [3.05, 3.63) is 33.8 Å². The van der Waals surface area contributed by atoms with Crippen LogP contribution in [0, 0.1) is 11.8 Å². The molecular formula is C17H21Cl2NO. The van der Waals surface area contributed by atoms with Gasteiger partial charge >= 0.3 is 0 Å². The zero-order valence-electron chi connectivity index (χ0n) is 12.0. The van der Waals surface area contributed by atoms with Crippen molar-refractivity contribution in [2.75, 3.05) is 0 Å². The number of halogens is 2. The standard InChI is InChI=1S/C17H21Cl2NO/c18-15-7-5-11(9-16(15)19)12-6-8-17(20-10-21)14-4-2-1-3-13(12)14/h5,7,9-10,12-14,17H,1-4,6,8H2,(H,20,21). The monoisotopic (exact) mass is 325 g/mol. The first-order valence-corrected chi connectivity index (χ1v) is 8.61. The van der Waals surface area contributed by atoms with E-state index in [4.69, 9.17) is 23.2 Å². The lowest BCUT2D eigenvalue weighted by Crippen LogP contribution is -2.46. The van der Waals surface area contributed by atoms with Gasteiger partial charge in [-0.25, -0.2) is 0 Å². The summed E-state index contributed by atoms with van der Waals surface area (Å²) in [6.07, 6.45) is 8.12. The molecule has 2 fully saturated rings. The molecule has 0 aromatic heterocycles. The maximum Gasteiger partial charge on any atom is 0.207 e. The molecule has 2 saturated carbocycles. The van der Waals surface area contributed by atoms with E-state index >= 15 is 0 Å². The lowest BCUT2D eigenvalue weighted by atomic mass is 9.62. The Morgan fingerprint density at radius 3 is 2.48 bits per heavy atom. The Hall–Kier alpha value is -0.730. The summed E-state index contributed by atoms with van der Waals surface area (Å²) in [5, 5.41) is 4.32. The van der Waals surface area contributed by atoms with Crippen LogP contribution in [0.25, 0.3) is 0 Å². The minimum atomic E-state index is 0.354. The molecule has 1 N–H and O–H groups in total. The van der Waals surface area contributed by atoms with E-state index in [1.54, 1.807) is 0 Å². The van der Waals surface area contributed by atoms with Crippen molar-refractivity contribution >= 4 is 29.6 Å². The van der Waals surface area contributed by atoms with Crippen molar-refractivity contribution in [3.8, 4) is 0 Å². The fourth-order valence-electron chi connectivity index (χ4n) is 4.43. The predicted molar refractivity (Wildman–Crippen MR) is 86.9 cm³/mol. The Bertz CT molecular complexity index is 520. The molecule has 0 spiro atoms. The van der Waals surface area contributed by atoms with Gasteiger partial charge in [0.05, 0.1) is 10.0 Å². The molecule has 4 unspecified atom stereocenters. The van der Waals surface area contributed by atoms with Crippen molar-refractivity contribution < 1.29 is 4.79 Å². The van der Waals surface area contributed by atoms with Crippen molar-refractivity contribution in [1.82, 2.24) is 5.32 Å². The number of hydrogen-bond donors (Lipinski definition) is 1. The third-order valence-electron chi connectivity index (χ3n) is 5.35. The van der Waals surface area contributed by atoms with E-state index in [0.717, 1.165) is 19.3 Å². The number of hydrogen-bond acceptors (Lipinski definition) is 1. The van der Waals surface area contributed by atoms with Gasteiger partial charge in [-0.15, -0.1) is 0 Å². The molecule has 1 aromatic carbocycles. The predicted octanol–water partition coefficient (Wildman–Crippen LogP) is 4.79. The molecular weight excluding hydrogens is 305 g/mol. The molecule has 0 heterocycles. The van der Waals surface area contributed by atoms with Gasteiger partial charge in [0.1, 0.15) is 0 Å². The average molecular weight is 326 g/mol. The van der Waals surface area contributed by atoms with Crippen molar-refractivity contribution in [2.24, 2.45) is 11.8 Å². The van der Waals surface area contributed by atoms with Gasteiger partial charge in [0.25, 0.3) is 0 Å². The number of amides is 1. The SMILES string of the molecule is O=CNC1CCC(c2ccc(Cl)c(Cl)c2)C2CCCCC12. The van der Waals surface area contributed by atoms with E-state index in [1.807, 2.05) is 12.1 Å². The van der Waals surface area contributed by atoms with Crippen LogP contribution >= 0.6 is 23.2 Å². The number of nitrogens with one attached hydrogen (secondary N) is 1. The lowest BCUT2D eigenvalue weighted by Gasteiger charge is -2.46. The fraction of sp³-hybridized carbons (Fsp3) is 0.588. The normalized spacial score (nSPS) is 32.3. The minimum absolute atomic E-state index is 0.354. The first kappa shape index (κ1) is 15.2. The van der Waals surface area contributed by atoms with Gasteiger partial charge in [0.2, 0.25) is 6.41 Å². The topological polar surface area (TPSA) is 29.1 Å². The first-order valence-electron chi connectivity index (χ1n) is 7.85. The molecule has 21 heavy (non-hydrogen) atoms. The smallest absolute Gasteiger partial charge is 0.207 e. The first-order chi connectivity index (χ1) is 10.2. The van der Waals surface area contributed by atoms with E-state index in [9.17, 15) is 4.79 Å². The van der Waals surface area contributed by atoms with Crippen LogP contribution in [0.2, 0.25) is 10.0 Å². The summed E-state index contributed by atoms with van der Waals surface area (Å²) in [5.41, 5.74) is 1.31. The highest BCUT2D eigenvalue weighted by atomic mass is 35.5. The maximum absolute atomic E-state index is 10.8. The summed E-state index contributed by atoms with van der Waals surface area (Å²) in [6.45, 7) is 0. The van der Waals surface area contributed by atoms with E-state index in [0.29, 0.717) is 33.8 Å². The van der Waals surface area contributed by atoms with Gasteiger partial charge in [-0.3, -0.25) is 4.79 Å². The summed E-state index contributed by atoms with van der Waals surface area (Å²) >= 11 is 12.2. The molecule has 0 radical (unpaired) electrons. The van der Waals surface area contributed by atoms with Crippen LogP contribution in [-0.4, -0.2) is 12.5 Å². The number of carbonyl (C=O) groups is 1. The van der Waals surface area contributed by atoms with Crippen molar-refractivity contribution in [2.45, 2.75) is 50.5 Å². The molecule has 0 saturated heterocycles. The average Bonchev–Trinajstić information content (AvgIpc) is 2.51. The van der Waals surface area contributed by atoms with Gasteiger partial charge in [0, 0.05) is 6.04 Å².